The molecule has 1 amide bonds. The minimum atomic E-state index is 0.0308. The van der Waals surface area contributed by atoms with Crippen LogP contribution in [0.4, 0.5) is 5.69 Å². The first-order valence-electron chi connectivity index (χ1n) is 7.40. The van der Waals surface area contributed by atoms with Crippen LogP contribution in [-0.4, -0.2) is 12.5 Å². The van der Waals surface area contributed by atoms with Gasteiger partial charge in [-0.05, 0) is 23.6 Å². The molecule has 0 aliphatic rings. The van der Waals surface area contributed by atoms with E-state index in [9.17, 15) is 4.79 Å². The third-order valence-corrected chi connectivity index (χ3v) is 3.41. The van der Waals surface area contributed by atoms with E-state index in [4.69, 9.17) is 0 Å². The molecule has 0 atom stereocenters. The number of hydrogen-bond donors (Lipinski definition) is 2. The zero-order chi connectivity index (χ0) is 15.1. The van der Waals surface area contributed by atoms with Gasteiger partial charge in [-0.3, -0.25) is 4.79 Å². The Morgan fingerprint density at radius 2 is 1.71 bits per heavy atom. The van der Waals surface area contributed by atoms with E-state index in [1.165, 1.54) is 11.1 Å². The van der Waals surface area contributed by atoms with Gasteiger partial charge in [0.25, 0.3) is 5.91 Å². The largest absolute Gasteiger partial charge is 0.335 e. The first-order chi connectivity index (χ1) is 10.1. The molecule has 0 spiro atoms. The molecule has 0 unspecified atom stereocenters. The molecule has 2 aromatic carbocycles. The first kappa shape index (κ1) is 15.3. The van der Waals surface area contributed by atoms with E-state index < -0.39 is 0 Å². The molecule has 2 rings (SSSR count). The van der Waals surface area contributed by atoms with E-state index in [1.54, 1.807) is 0 Å². The third kappa shape index (κ3) is 5.04. The van der Waals surface area contributed by atoms with Gasteiger partial charge in [-0.1, -0.05) is 56.3 Å². The van der Waals surface area contributed by atoms with Crippen LogP contribution in [0.5, 0.6) is 0 Å². The molecule has 3 N–H and O–H groups in total. The maximum atomic E-state index is 11.9. The number of hydrogen-bond acceptors (Lipinski definition) is 1. The van der Waals surface area contributed by atoms with E-state index in [-0.39, 0.29) is 5.91 Å². The van der Waals surface area contributed by atoms with Crippen LogP contribution in [-0.2, 0) is 11.3 Å². The van der Waals surface area contributed by atoms with Gasteiger partial charge in [0.2, 0.25) is 0 Å². The quantitative estimate of drug-likeness (QED) is 0.840. The molecule has 2 aromatic rings. The van der Waals surface area contributed by atoms with Crippen molar-refractivity contribution in [2.45, 2.75) is 26.3 Å². The lowest BCUT2D eigenvalue weighted by molar-refractivity contribution is -0.659. The maximum Gasteiger partial charge on any atom is 0.279 e. The van der Waals surface area contributed by atoms with Gasteiger partial charge in [0.15, 0.2) is 6.54 Å². The van der Waals surface area contributed by atoms with Gasteiger partial charge in [-0.15, -0.1) is 0 Å². The van der Waals surface area contributed by atoms with Crippen LogP contribution in [0.25, 0.3) is 0 Å². The normalized spacial score (nSPS) is 10.6. The minimum absolute atomic E-state index is 0.0308. The number of rotatable bonds is 6. The molecule has 0 aliphatic carbocycles. The lowest BCUT2D eigenvalue weighted by Crippen LogP contribution is -2.84. The molecule has 0 aliphatic heterocycles. The molecule has 3 heteroatoms. The summed E-state index contributed by atoms with van der Waals surface area (Å²) >= 11 is 0. The number of benzene rings is 2. The Balaban J connectivity index is 1.76. The topological polar surface area (TPSA) is 45.7 Å². The van der Waals surface area contributed by atoms with Crippen LogP contribution in [0.1, 0.15) is 30.9 Å². The summed E-state index contributed by atoms with van der Waals surface area (Å²) in [6.07, 6.45) is 0. The zero-order valence-corrected chi connectivity index (χ0v) is 12.7. The van der Waals surface area contributed by atoms with Crippen LogP contribution in [0.2, 0.25) is 0 Å². The van der Waals surface area contributed by atoms with Crippen LogP contribution >= 0.6 is 0 Å². The number of carbonyl (C=O) groups is 1. The van der Waals surface area contributed by atoms with E-state index >= 15 is 0 Å². The van der Waals surface area contributed by atoms with Gasteiger partial charge in [0.1, 0.15) is 6.54 Å². The van der Waals surface area contributed by atoms with Crippen molar-refractivity contribution < 1.29 is 10.1 Å². The Hall–Kier alpha value is -2.13. The number of nitrogens with one attached hydrogen (secondary N) is 1. The summed E-state index contributed by atoms with van der Waals surface area (Å²) in [4.78, 5) is 11.9. The van der Waals surface area contributed by atoms with Gasteiger partial charge in [0, 0.05) is 11.3 Å². The van der Waals surface area contributed by atoms with Gasteiger partial charge < -0.3 is 10.6 Å². The molecular weight excluding hydrogens is 260 g/mol. The molecule has 0 radical (unpaired) electrons. The average Bonchev–Trinajstić information content (AvgIpc) is 2.49. The summed E-state index contributed by atoms with van der Waals surface area (Å²) in [5.74, 6) is 0.539. The van der Waals surface area contributed by atoms with Crippen LogP contribution in [0.3, 0.4) is 0 Å². The van der Waals surface area contributed by atoms with Gasteiger partial charge in [-0.2, -0.15) is 0 Å². The molecule has 0 fully saturated rings. The molecule has 0 bridgehead atoms. The Bertz CT molecular complexity index is 562. The van der Waals surface area contributed by atoms with E-state index in [1.807, 2.05) is 35.6 Å². The van der Waals surface area contributed by atoms with E-state index in [2.05, 4.69) is 43.4 Å². The fraction of sp³-hybridized carbons (Fsp3) is 0.278. The Labute approximate surface area is 126 Å². The molecule has 110 valence electrons. The third-order valence-electron chi connectivity index (χ3n) is 3.41. The molecule has 0 saturated carbocycles. The smallest absolute Gasteiger partial charge is 0.279 e. The van der Waals surface area contributed by atoms with Crippen molar-refractivity contribution in [3.05, 3.63) is 65.7 Å². The Kier molecular flexibility index (Phi) is 5.52. The van der Waals surface area contributed by atoms with Crippen molar-refractivity contribution in [2.75, 3.05) is 11.9 Å². The number of anilines is 1. The highest BCUT2D eigenvalue weighted by molar-refractivity contribution is 5.91. The van der Waals surface area contributed by atoms with Crippen molar-refractivity contribution >= 4 is 11.6 Å². The number of quaternary nitrogens is 1. The molecule has 3 nitrogen and oxygen atoms in total. The van der Waals surface area contributed by atoms with E-state index in [0.717, 1.165) is 12.2 Å². The molecular formula is C18H23N2O+. The second kappa shape index (κ2) is 7.60. The number of nitrogens with two attached hydrogens (primary N) is 1. The van der Waals surface area contributed by atoms with Gasteiger partial charge >= 0.3 is 0 Å². The van der Waals surface area contributed by atoms with E-state index in [0.29, 0.717) is 12.5 Å². The fourth-order valence-electron chi connectivity index (χ4n) is 2.15. The summed E-state index contributed by atoms with van der Waals surface area (Å²) in [6, 6.07) is 18.2. The summed E-state index contributed by atoms with van der Waals surface area (Å²) in [5.41, 5.74) is 3.37. The van der Waals surface area contributed by atoms with Crippen molar-refractivity contribution in [2.24, 2.45) is 0 Å². The highest BCUT2D eigenvalue weighted by atomic mass is 16.1. The van der Waals surface area contributed by atoms with Gasteiger partial charge in [-0.25, -0.2) is 0 Å². The van der Waals surface area contributed by atoms with Crippen molar-refractivity contribution in [1.29, 1.82) is 0 Å². The highest BCUT2D eigenvalue weighted by Gasteiger charge is 2.05. The average molecular weight is 283 g/mol. The van der Waals surface area contributed by atoms with Crippen molar-refractivity contribution in [3.63, 3.8) is 0 Å². The van der Waals surface area contributed by atoms with Crippen molar-refractivity contribution in [1.82, 2.24) is 0 Å². The van der Waals surface area contributed by atoms with Crippen LogP contribution in [0, 0.1) is 0 Å². The Morgan fingerprint density at radius 3 is 2.33 bits per heavy atom. The number of amides is 1. The monoisotopic (exact) mass is 283 g/mol. The molecule has 0 saturated heterocycles. The minimum Gasteiger partial charge on any atom is -0.335 e. The molecule has 21 heavy (non-hydrogen) atoms. The molecule has 0 aromatic heterocycles. The Morgan fingerprint density at radius 1 is 1.05 bits per heavy atom. The second-order valence-electron chi connectivity index (χ2n) is 5.51. The van der Waals surface area contributed by atoms with Crippen LogP contribution < -0.4 is 10.6 Å². The zero-order valence-electron chi connectivity index (χ0n) is 12.7. The first-order valence-corrected chi connectivity index (χ1v) is 7.40. The SMILES string of the molecule is CC(C)c1ccc(NC(=O)C[NH2+]Cc2ccccc2)cc1. The van der Waals surface area contributed by atoms with Crippen LogP contribution in [0.15, 0.2) is 54.6 Å². The standard InChI is InChI=1S/C18H22N2O/c1-14(2)16-8-10-17(11-9-16)20-18(21)13-19-12-15-6-4-3-5-7-15/h3-11,14,19H,12-13H2,1-2H3,(H,20,21)/p+1. The highest BCUT2D eigenvalue weighted by Crippen LogP contribution is 2.16. The predicted octanol–water partition coefficient (Wildman–Crippen LogP) is 2.51. The maximum absolute atomic E-state index is 11.9. The number of carbonyl (C=O) groups excluding carboxylic acids is 1. The lowest BCUT2D eigenvalue weighted by atomic mass is 10.0. The van der Waals surface area contributed by atoms with Gasteiger partial charge in [0.05, 0.1) is 0 Å². The molecule has 0 heterocycles. The predicted molar refractivity (Wildman–Crippen MR) is 86.1 cm³/mol. The summed E-state index contributed by atoms with van der Waals surface area (Å²) in [7, 11) is 0. The van der Waals surface area contributed by atoms with Crippen molar-refractivity contribution in [3.8, 4) is 0 Å². The summed E-state index contributed by atoms with van der Waals surface area (Å²) in [5, 5.41) is 4.93. The second-order valence-corrected chi connectivity index (χ2v) is 5.51. The lowest BCUT2D eigenvalue weighted by Gasteiger charge is -2.08. The summed E-state index contributed by atoms with van der Waals surface area (Å²) < 4.78 is 0. The summed E-state index contributed by atoms with van der Waals surface area (Å²) in [6.45, 7) is 5.57. The fourth-order valence-corrected chi connectivity index (χ4v) is 2.15.